The second kappa shape index (κ2) is 11.7. The summed E-state index contributed by atoms with van der Waals surface area (Å²) < 4.78 is 14.5. The highest BCUT2D eigenvalue weighted by Gasteiger charge is 2.46. The average Bonchev–Trinajstić information content (AvgIpc) is 3.31. The van der Waals surface area contributed by atoms with Crippen molar-refractivity contribution in [3.05, 3.63) is 59.9 Å². The van der Waals surface area contributed by atoms with Gasteiger partial charge < -0.3 is 18.8 Å². The van der Waals surface area contributed by atoms with Gasteiger partial charge >= 0.3 is 0 Å². The van der Waals surface area contributed by atoms with Gasteiger partial charge in [-0.15, -0.1) is 0 Å². The maximum Gasteiger partial charge on any atom is 0.171 e. The summed E-state index contributed by atoms with van der Waals surface area (Å²) >= 11 is 0. The van der Waals surface area contributed by atoms with Gasteiger partial charge in [0.25, 0.3) is 0 Å². The number of nitrogens with zero attached hydrogens (tertiary/aromatic N) is 2. The summed E-state index contributed by atoms with van der Waals surface area (Å²) in [5.41, 5.74) is 4.79. The first-order chi connectivity index (χ1) is 17.7. The van der Waals surface area contributed by atoms with E-state index in [-0.39, 0.29) is 12.0 Å². The van der Waals surface area contributed by atoms with Gasteiger partial charge in [-0.05, 0) is 66.1 Å². The molecule has 0 aliphatic heterocycles. The number of aliphatic hydroxyl groups is 1. The summed E-state index contributed by atoms with van der Waals surface area (Å²) in [6.45, 7) is 14.9. The summed E-state index contributed by atoms with van der Waals surface area (Å²) in [6, 6.07) is 12.5. The van der Waals surface area contributed by atoms with E-state index in [2.05, 4.69) is 82.3 Å². The molecule has 3 aromatic rings. The molecule has 2 heterocycles. The Kier molecular flexibility index (Phi) is 8.82. The van der Waals surface area contributed by atoms with Crippen LogP contribution in [-0.4, -0.2) is 35.8 Å². The Morgan fingerprint density at radius 1 is 0.946 bits per heavy atom. The van der Waals surface area contributed by atoms with E-state index in [4.69, 9.17) is 14.5 Å². The minimum Gasteiger partial charge on any atom is -0.495 e. The molecule has 1 saturated carbocycles. The fourth-order valence-electron chi connectivity index (χ4n) is 7.30. The molecule has 4 rings (SSSR count). The SMILES string of the molecule is COc1cnc2c(ccn2[Si](C(C)C)(C(C)C)C(C)C)c1C(O)C1CCC(OCc2ccccc2)CC1. The van der Waals surface area contributed by atoms with E-state index in [0.717, 1.165) is 42.3 Å². The molecule has 6 heteroatoms. The highest BCUT2D eigenvalue weighted by atomic mass is 28.3. The molecule has 37 heavy (non-hydrogen) atoms. The molecule has 1 aromatic carbocycles. The van der Waals surface area contributed by atoms with Crippen LogP contribution in [0.15, 0.2) is 48.8 Å². The Morgan fingerprint density at radius 2 is 1.57 bits per heavy atom. The number of aromatic nitrogens is 2. The van der Waals surface area contributed by atoms with Gasteiger partial charge in [0, 0.05) is 10.9 Å². The number of hydrogen-bond acceptors (Lipinski definition) is 4. The number of aliphatic hydroxyl groups excluding tert-OH is 1. The van der Waals surface area contributed by atoms with Gasteiger partial charge in [-0.3, -0.25) is 0 Å². The number of benzene rings is 1. The highest BCUT2D eigenvalue weighted by Crippen LogP contribution is 2.46. The molecular formula is C31H46N2O3Si. The predicted octanol–water partition coefficient (Wildman–Crippen LogP) is 7.88. The standard InChI is InChI=1S/C31H46N2O3Si/c1-21(2)37(22(3)4,23(5)6)33-18-17-27-29(28(35-7)19-32-31(27)33)30(34)25-13-15-26(16-14-25)36-20-24-11-9-8-10-12-24/h8-12,17-19,21-23,25-26,30,34H,13-16,20H2,1-7H3. The van der Waals surface area contributed by atoms with Crippen LogP contribution in [0.5, 0.6) is 5.75 Å². The van der Waals surface area contributed by atoms with Crippen LogP contribution in [0.2, 0.25) is 16.6 Å². The first kappa shape index (κ1) is 27.9. The van der Waals surface area contributed by atoms with E-state index in [1.54, 1.807) is 7.11 Å². The molecule has 1 N–H and O–H groups in total. The molecular weight excluding hydrogens is 476 g/mol. The van der Waals surface area contributed by atoms with Gasteiger partial charge in [0.1, 0.15) is 11.4 Å². The van der Waals surface area contributed by atoms with Crippen LogP contribution in [0.1, 0.15) is 84.5 Å². The Bertz CT molecular complexity index is 1130. The molecule has 5 nitrogen and oxygen atoms in total. The van der Waals surface area contributed by atoms with Gasteiger partial charge in [0.2, 0.25) is 0 Å². The van der Waals surface area contributed by atoms with Crippen LogP contribution in [0.25, 0.3) is 11.0 Å². The predicted molar refractivity (Wildman–Crippen MR) is 155 cm³/mol. The van der Waals surface area contributed by atoms with Crippen LogP contribution < -0.4 is 4.74 Å². The van der Waals surface area contributed by atoms with E-state index >= 15 is 0 Å². The molecule has 1 unspecified atom stereocenters. The molecule has 2 aromatic heterocycles. The maximum atomic E-state index is 11.7. The summed E-state index contributed by atoms with van der Waals surface area (Å²) in [5, 5.41) is 12.8. The van der Waals surface area contributed by atoms with Crippen LogP contribution in [0.3, 0.4) is 0 Å². The zero-order chi connectivity index (χ0) is 26.7. The van der Waals surface area contributed by atoms with E-state index < -0.39 is 14.3 Å². The first-order valence-electron chi connectivity index (χ1n) is 14.1. The van der Waals surface area contributed by atoms with Crippen molar-refractivity contribution in [1.29, 1.82) is 0 Å². The molecule has 0 bridgehead atoms. The summed E-state index contributed by atoms with van der Waals surface area (Å²) in [7, 11) is -0.292. The van der Waals surface area contributed by atoms with Crippen molar-refractivity contribution in [2.45, 2.75) is 103 Å². The van der Waals surface area contributed by atoms with Crippen molar-refractivity contribution in [3.8, 4) is 5.75 Å². The van der Waals surface area contributed by atoms with Crippen molar-refractivity contribution in [2.24, 2.45) is 5.92 Å². The zero-order valence-corrected chi connectivity index (χ0v) is 24.8. The molecule has 0 amide bonds. The van der Waals surface area contributed by atoms with Crippen LogP contribution in [0, 0.1) is 5.92 Å². The molecule has 1 fully saturated rings. The third kappa shape index (κ3) is 5.25. The Labute approximate surface area is 224 Å². The Morgan fingerprint density at radius 3 is 2.14 bits per heavy atom. The van der Waals surface area contributed by atoms with Crippen molar-refractivity contribution in [1.82, 2.24) is 9.22 Å². The largest absolute Gasteiger partial charge is 0.495 e. The molecule has 1 aliphatic carbocycles. The fraction of sp³-hybridized carbons (Fsp3) is 0.581. The first-order valence-corrected chi connectivity index (χ1v) is 16.3. The van der Waals surface area contributed by atoms with E-state index in [0.29, 0.717) is 29.0 Å². The minimum absolute atomic E-state index is 0.182. The van der Waals surface area contributed by atoms with Crippen LogP contribution in [0.4, 0.5) is 0 Å². The van der Waals surface area contributed by atoms with Gasteiger partial charge in [-0.25, -0.2) is 4.98 Å². The zero-order valence-electron chi connectivity index (χ0n) is 23.8. The molecule has 1 aliphatic rings. The quantitative estimate of drug-likeness (QED) is 0.275. The average molecular weight is 523 g/mol. The Balaban J connectivity index is 1.59. The topological polar surface area (TPSA) is 56.5 Å². The Hall–Kier alpha value is -2.15. The number of hydrogen-bond donors (Lipinski definition) is 1. The van der Waals surface area contributed by atoms with Crippen LogP contribution >= 0.6 is 0 Å². The van der Waals surface area contributed by atoms with Crippen molar-refractivity contribution in [3.63, 3.8) is 0 Å². The lowest BCUT2D eigenvalue weighted by atomic mass is 9.81. The second-order valence-corrected chi connectivity index (χ2v) is 17.5. The molecule has 202 valence electrons. The smallest absolute Gasteiger partial charge is 0.171 e. The lowest BCUT2D eigenvalue weighted by molar-refractivity contribution is -0.0136. The van der Waals surface area contributed by atoms with E-state index in [1.807, 2.05) is 12.3 Å². The molecule has 0 saturated heterocycles. The number of ether oxygens (including phenoxy) is 2. The third-order valence-corrected chi connectivity index (χ3v) is 15.7. The van der Waals surface area contributed by atoms with Gasteiger partial charge in [-0.1, -0.05) is 71.9 Å². The highest BCUT2D eigenvalue weighted by molar-refractivity contribution is 6.82. The number of rotatable bonds is 10. The van der Waals surface area contributed by atoms with E-state index in [1.165, 1.54) is 5.56 Å². The van der Waals surface area contributed by atoms with Gasteiger partial charge in [0.15, 0.2) is 8.24 Å². The number of methoxy groups -OCH3 is 1. The second-order valence-electron chi connectivity index (χ2n) is 11.8. The van der Waals surface area contributed by atoms with Gasteiger partial charge in [0.05, 0.1) is 32.1 Å². The monoisotopic (exact) mass is 522 g/mol. The third-order valence-electron chi connectivity index (χ3n) is 8.92. The van der Waals surface area contributed by atoms with Crippen molar-refractivity contribution < 1.29 is 14.6 Å². The summed E-state index contributed by atoms with van der Waals surface area (Å²) in [6.07, 6.45) is 7.55. The van der Waals surface area contributed by atoms with Crippen molar-refractivity contribution in [2.75, 3.05) is 7.11 Å². The molecule has 0 radical (unpaired) electrons. The van der Waals surface area contributed by atoms with Crippen LogP contribution in [-0.2, 0) is 11.3 Å². The minimum atomic E-state index is -1.97. The summed E-state index contributed by atoms with van der Waals surface area (Å²) in [4.78, 5) is 4.92. The molecule has 1 atom stereocenters. The van der Waals surface area contributed by atoms with E-state index in [9.17, 15) is 5.11 Å². The number of fused-ring (bicyclic) bond motifs is 1. The number of pyridine rings is 1. The summed E-state index contributed by atoms with van der Waals surface area (Å²) in [5.74, 6) is 0.868. The van der Waals surface area contributed by atoms with Gasteiger partial charge in [-0.2, -0.15) is 0 Å². The lowest BCUT2D eigenvalue weighted by Crippen LogP contribution is -2.51. The van der Waals surface area contributed by atoms with Crippen molar-refractivity contribution >= 4 is 19.3 Å². The maximum absolute atomic E-state index is 11.7. The normalized spacial score (nSPS) is 19.8. The lowest BCUT2D eigenvalue weighted by Gasteiger charge is -2.44. The molecule has 0 spiro atoms. The fourth-order valence-corrected chi connectivity index (χ4v) is 13.8.